The summed E-state index contributed by atoms with van der Waals surface area (Å²) in [7, 11) is 0. The largest absolute Gasteiger partial charge is 0.369 e. The van der Waals surface area contributed by atoms with Crippen molar-refractivity contribution in [3.8, 4) is 11.4 Å². The number of amides is 1. The number of fused-ring (bicyclic) bond motifs is 1. The summed E-state index contributed by atoms with van der Waals surface area (Å²) in [5, 5.41) is 5.55. The second kappa shape index (κ2) is 4.98. The molecule has 0 aliphatic carbocycles. The summed E-state index contributed by atoms with van der Waals surface area (Å²) in [6.07, 6.45) is 1.96. The Labute approximate surface area is 128 Å². The van der Waals surface area contributed by atoms with E-state index in [1.54, 1.807) is 0 Å². The van der Waals surface area contributed by atoms with Crippen molar-refractivity contribution in [1.82, 2.24) is 19.7 Å². The van der Waals surface area contributed by atoms with Crippen molar-refractivity contribution in [2.75, 3.05) is 0 Å². The van der Waals surface area contributed by atoms with Gasteiger partial charge in [0.2, 0.25) is 5.91 Å². The highest BCUT2D eigenvalue weighted by Crippen LogP contribution is 2.30. The number of para-hydroxylation sites is 1. The minimum Gasteiger partial charge on any atom is -0.369 e. The summed E-state index contributed by atoms with van der Waals surface area (Å²) in [6, 6.07) is 8.02. The van der Waals surface area contributed by atoms with E-state index in [0.717, 1.165) is 22.3 Å². The molecular formula is C16H19N5O. The Hall–Kier alpha value is -2.63. The van der Waals surface area contributed by atoms with Crippen molar-refractivity contribution in [2.45, 2.75) is 32.7 Å². The molecule has 0 aliphatic rings. The van der Waals surface area contributed by atoms with Crippen LogP contribution in [0.25, 0.3) is 22.3 Å². The first-order chi connectivity index (χ1) is 10.4. The van der Waals surface area contributed by atoms with Crippen LogP contribution in [0.2, 0.25) is 0 Å². The summed E-state index contributed by atoms with van der Waals surface area (Å²) in [5.41, 5.74) is 7.02. The standard InChI is InChI=1S/C16H19N5O/c1-16(2,3)21-15(19-14(20-21)8-13(17)22)11-9-18-12-7-5-4-6-10(11)12/h4-7,9,18H,8H2,1-3H3,(H2,17,22). The van der Waals surface area contributed by atoms with E-state index in [1.165, 1.54) is 0 Å². The summed E-state index contributed by atoms with van der Waals surface area (Å²) in [4.78, 5) is 18.9. The molecule has 2 heterocycles. The van der Waals surface area contributed by atoms with Gasteiger partial charge >= 0.3 is 0 Å². The zero-order valence-corrected chi connectivity index (χ0v) is 12.9. The summed E-state index contributed by atoms with van der Waals surface area (Å²) in [6.45, 7) is 6.15. The number of carbonyl (C=O) groups excluding carboxylic acids is 1. The van der Waals surface area contributed by atoms with Crippen molar-refractivity contribution in [1.29, 1.82) is 0 Å². The van der Waals surface area contributed by atoms with Crippen molar-refractivity contribution in [3.63, 3.8) is 0 Å². The number of hydrogen-bond donors (Lipinski definition) is 2. The molecule has 0 unspecified atom stereocenters. The first-order valence-corrected chi connectivity index (χ1v) is 7.17. The molecule has 0 spiro atoms. The first-order valence-electron chi connectivity index (χ1n) is 7.17. The van der Waals surface area contributed by atoms with Gasteiger partial charge in [-0.1, -0.05) is 18.2 Å². The predicted octanol–water partition coefficient (Wildman–Crippen LogP) is 2.21. The zero-order chi connectivity index (χ0) is 15.9. The lowest BCUT2D eigenvalue weighted by atomic mass is 10.1. The molecule has 0 bridgehead atoms. The van der Waals surface area contributed by atoms with Gasteiger partial charge in [-0.3, -0.25) is 4.79 Å². The third kappa shape index (κ3) is 2.47. The molecule has 6 heteroatoms. The lowest BCUT2D eigenvalue weighted by Crippen LogP contribution is -2.24. The number of aromatic nitrogens is 4. The molecule has 6 nitrogen and oxygen atoms in total. The number of H-pyrrole nitrogens is 1. The summed E-state index contributed by atoms with van der Waals surface area (Å²) >= 11 is 0. The van der Waals surface area contributed by atoms with Gasteiger partial charge in [-0.15, -0.1) is 0 Å². The third-order valence-corrected chi connectivity index (χ3v) is 3.45. The minimum absolute atomic E-state index is 0.0401. The maximum Gasteiger partial charge on any atom is 0.225 e. The van der Waals surface area contributed by atoms with E-state index >= 15 is 0 Å². The van der Waals surface area contributed by atoms with Crippen molar-refractivity contribution >= 4 is 16.8 Å². The molecule has 0 radical (unpaired) electrons. The number of carbonyl (C=O) groups is 1. The first kappa shape index (κ1) is 14.3. The summed E-state index contributed by atoms with van der Waals surface area (Å²) in [5.74, 6) is 0.750. The number of benzene rings is 1. The Balaban J connectivity index is 2.20. The molecule has 3 aromatic rings. The van der Waals surface area contributed by atoms with Gasteiger partial charge in [-0.25, -0.2) is 9.67 Å². The maximum atomic E-state index is 11.2. The zero-order valence-electron chi connectivity index (χ0n) is 12.9. The van der Waals surface area contributed by atoms with Gasteiger partial charge in [0.1, 0.15) is 0 Å². The van der Waals surface area contributed by atoms with Crippen molar-refractivity contribution in [3.05, 3.63) is 36.3 Å². The van der Waals surface area contributed by atoms with Crippen LogP contribution in [0.15, 0.2) is 30.5 Å². The van der Waals surface area contributed by atoms with E-state index in [1.807, 2.05) is 55.9 Å². The molecule has 0 aliphatic heterocycles. The van der Waals surface area contributed by atoms with Gasteiger partial charge < -0.3 is 10.7 Å². The predicted molar refractivity (Wildman–Crippen MR) is 85.2 cm³/mol. The Morgan fingerprint density at radius 1 is 1.32 bits per heavy atom. The Bertz CT molecular complexity index is 838. The second-order valence-electron chi connectivity index (χ2n) is 6.33. The Morgan fingerprint density at radius 3 is 2.73 bits per heavy atom. The van der Waals surface area contributed by atoms with Crippen molar-refractivity contribution in [2.24, 2.45) is 5.73 Å². The topological polar surface area (TPSA) is 89.6 Å². The van der Waals surface area contributed by atoms with Crippen LogP contribution in [-0.4, -0.2) is 25.7 Å². The SMILES string of the molecule is CC(C)(C)n1nc(CC(N)=O)nc1-c1c[nH]c2ccccc12. The fourth-order valence-corrected chi connectivity index (χ4v) is 2.48. The highest BCUT2D eigenvalue weighted by atomic mass is 16.1. The van der Waals surface area contributed by atoms with Crippen LogP contribution in [0.4, 0.5) is 0 Å². The number of nitrogens with zero attached hydrogens (tertiary/aromatic N) is 3. The second-order valence-corrected chi connectivity index (χ2v) is 6.33. The van der Waals surface area contributed by atoms with Crippen LogP contribution in [0, 0.1) is 0 Å². The number of primary amides is 1. The molecule has 0 fully saturated rings. The van der Waals surface area contributed by atoms with Gasteiger partial charge in [-0.05, 0) is 26.8 Å². The fourth-order valence-electron chi connectivity index (χ4n) is 2.48. The van der Waals surface area contributed by atoms with Crippen LogP contribution in [-0.2, 0) is 16.8 Å². The van der Waals surface area contributed by atoms with Gasteiger partial charge in [0, 0.05) is 22.7 Å². The molecule has 0 saturated heterocycles. The number of nitrogens with one attached hydrogen (secondary N) is 1. The van der Waals surface area contributed by atoms with E-state index in [4.69, 9.17) is 5.73 Å². The normalized spacial score (nSPS) is 12.0. The number of hydrogen-bond acceptors (Lipinski definition) is 3. The van der Waals surface area contributed by atoms with E-state index in [9.17, 15) is 4.79 Å². The molecule has 1 aromatic carbocycles. The van der Waals surface area contributed by atoms with E-state index < -0.39 is 5.91 Å². The molecule has 3 rings (SSSR count). The van der Waals surface area contributed by atoms with Crippen LogP contribution < -0.4 is 5.73 Å². The highest BCUT2D eigenvalue weighted by Gasteiger charge is 2.24. The molecule has 3 N–H and O–H groups in total. The van der Waals surface area contributed by atoms with Crippen LogP contribution in [0.5, 0.6) is 0 Å². The van der Waals surface area contributed by atoms with Crippen LogP contribution in [0.1, 0.15) is 26.6 Å². The quantitative estimate of drug-likeness (QED) is 0.776. The summed E-state index contributed by atoms with van der Waals surface area (Å²) < 4.78 is 1.85. The van der Waals surface area contributed by atoms with Crippen molar-refractivity contribution < 1.29 is 4.79 Å². The number of nitrogens with two attached hydrogens (primary N) is 1. The average molecular weight is 297 g/mol. The molecular weight excluding hydrogens is 278 g/mol. The van der Waals surface area contributed by atoms with Gasteiger partial charge in [0.15, 0.2) is 11.6 Å². The van der Waals surface area contributed by atoms with Gasteiger partial charge in [0.25, 0.3) is 0 Å². The molecule has 22 heavy (non-hydrogen) atoms. The van der Waals surface area contributed by atoms with Crippen LogP contribution >= 0.6 is 0 Å². The van der Waals surface area contributed by atoms with Gasteiger partial charge in [0.05, 0.1) is 12.0 Å². The third-order valence-electron chi connectivity index (χ3n) is 3.45. The number of aromatic amines is 1. The fraction of sp³-hybridized carbons (Fsp3) is 0.312. The molecule has 114 valence electrons. The molecule has 2 aromatic heterocycles. The van der Waals surface area contributed by atoms with E-state index in [2.05, 4.69) is 15.1 Å². The Kier molecular flexibility index (Phi) is 3.24. The van der Waals surface area contributed by atoms with Gasteiger partial charge in [-0.2, -0.15) is 5.10 Å². The smallest absolute Gasteiger partial charge is 0.225 e. The maximum absolute atomic E-state index is 11.2. The monoisotopic (exact) mass is 297 g/mol. The highest BCUT2D eigenvalue weighted by molar-refractivity contribution is 5.93. The van der Waals surface area contributed by atoms with E-state index in [-0.39, 0.29) is 12.0 Å². The number of rotatable bonds is 3. The lowest BCUT2D eigenvalue weighted by molar-refractivity contribution is -0.117. The minimum atomic E-state index is -0.434. The molecule has 0 atom stereocenters. The average Bonchev–Trinajstić information content (AvgIpc) is 3.00. The van der Waals surface area contributed by atoms with E-state index in [0.29, 0.717) is 5.82 Å². The van der Waals surface area contributed by atoms with Crippen LogP contribution in [0.3, 0.4) is 0 Å². The lowest BCUT2D eigenvalue weighted by Gasteiger charge is -2.21. The Morgan fingerprint density at radius 2 is 2.05 bits per heavy atom. The molecule has 1 amide bonds. The molecule has 0 saturated carbocycles.